The van der Waals surface area contributed by atoms with E-state index in [1.165, 1.54) is 17.5 Å². The molecule has 3 aromatic rings. The van der Waals surface area contributed by atoms with Gasteiger partial charge >= 0.3 is 0 Å². The summed E-state index contributed by atoms with van der Waals surface area (Å²) in [5, 5.41) is 8.44. The van der Waals surface area contributed by atoms with Crippen LogP contribution in [0.4, 0.5) is 0 Å². The average Bonchev–Trinajstić information content (AvgIpc) is 3.19. The molecule has 6 nitrogen and oxygen atoms in total. The van der Waals surface area contributed by atoms with E-state index in [1.54, 1.807) is 11.0 Å². The van der Waals surface area contributed by atoms with Crippen LogP contribution in [0.3, 0.4) is 0 Å². The van der Waals surface area contributed by atoms with Crippen molar-refractivity contribution in [3.63, 3.8) is 0 Å². The molecule has 1 unspecified atom stereocenters. The molecule has 4 rings (SSSR count). The Hall–Kier alpha value is -2.28. The maximum absolute atomic E-state index is 6.21. The number of rotatable bonds is 4. The Bertz CT molecular complexity index is 821. The minimum atomic E-state index is 0.293. The zero-order valence-electron chi connectivity index (χ0n) is 13.7. The van der Waals surface area contributed by atoms with Crippen molar-refractivity contribution in [1.82, 2.24) is 30.0 Å². The van der Waals surface area contributed by atoms with Crippen molar-refractivity contribution in [3.8, 4) is 5.69 Å². The zero-order valence-corrected chi connectivity index (χ0v) is 14.5. The summed E-state index contributed by atoms with van der Waals surface area (Å²) in [6.45, 7) is 3.67. The van der Waals surface area contributed by atoms with Gasteiger partial charge in [0.15, 0.2) is 0 Å². The smallest absolute Gasteiger partial charge is 0.138 e. The third-order valence-electron chi connectivity index (χ3n) is 4.51. The maximum Gasteiger partial charge on any atom is 0.138 e. The second-order valence-electron chi connectivity index (χ2n) is 6.09. The molecule has 1 atom stereocenters. The predicted molar refractivity (Wildman–Crippen MR) is 96.6 cm³/mol. The van der Waals surface area contributed by atoms with E-state index in [-0.39, 0.29) is 0 Å². The summed E-state index contributed by atoms with van der Waals surface area (Å²) in [5.74, 6) is 0. The second kappa shape index (κ2) is 7.31. The molecule has 1 aliphatic rings. The van der Waals surface area contributed by atoms with Crippen molar-refractivity contribution in [2.75, 3.05) is 19.6 Å². The first-order chi connectivity index (χ1) is 12.3. The van der Waals surface area contributed by atoms with Crippen molar-refractivity contribution in [2.45, 2.75) is 12.6 Å². The number of nitrogens with zero attached hydrogens (tertiary/aromatic N) is 5. The van der Waals surface area contributed by atoms with Crippen LogP contribution < -0.4 is 5.32 Å². The van der Waals surface area contributed by atoms with Gasteiger partial charge in [0.1, 0.15) is 12.7 Å². The molecule has 1 fully saturated rings. The fourth-order valence-electron chi connectivity index (χ4n) is 3.27. The minimum absolute atomic E-state index is 0.293. The van der Waals surface area contributed by atoms with Crippen LogP contribution in [-0.4, -0.2) is 44.3 Å². The first-order valence-corrected chi connectivity index (χ1v) is 8.67. The van der Waals surface area contributed by atoms with E-state index in [0.717, 1.165) is 31.9 Å². The van der Waals surface area contributed by atoms with Gasteiger partial charge in [0.05, 0.1) is 5.69 Å². The average molecular weight is 355 g/mol. The summed E-state index contributed by atoms with van der Waals surface area (Å²) in [6.07, 6.45) is 7.00. The van der Waals surface area contributed by atoms with Crippen LogP contribution in [0.1, 0.15) is 17.2 Å². The Labute approximate surface area is 151 Å². The van der Waals surface area contributed by atoms with Gasteiger partial charge in [0.25, 0.3) is 0 Å². The highest BCUT2D eigenvalue weighted by Crippen LogP contribution is 2.27. The van der Waals surface area contributed by atoms with E-state index in [4.69, 9.17) is 11.6 Å². The van der Waals surface area contributed by atoms with Crippen LogP contribution in [-0.2, 0) is 6.54 Å². The van der Waals surface area contributed by atoms with Crippen molar-refractivity contribution >= 4 is 11.6 Å². The number of piperazine rings is 1. The Morgan fingerprint density at radius 3 is 3.00 bits per heavy atom. The topological polar surface area (TPSA) is 58.9 Å². The Morgan fingerprint density at radius 1 is 1.24 bits per heavy atom. The standard InChI is InChI=1S/C18H19ClN6/c19-16-4-3-15(17(8-16)25-13-22-12-23-25)11-24-7-6-21-10-18(24)14-2-1-5-20-9-14/h1-5,8-9,12-13,18,21H,6-7,10-11H2. The van der Waals surface area contributed by atoms with E-state index in [0.29, 0.717) is 11.1 Å². The molecule has 3 heterocycles. The summed E-state index contributed by atoms with van der Waals surface area (Å²) in [4.78, 5) is 10.8. The first kappa shape index (κ1) is 16.2. The number of hydrogen-bond donors (Lipinski definition) is 1. The lowest BCUT2D eigenvalue weighted by molar-refractivity contribution is 0.153. The van der Waals surface area contributed by atoms with Gasteiger partial charge in [-0.25, -0.2) is 9.67 Å². The molecule has 1 saturated heterocycles. The summed E-state index contributed by atoms with van der Waals surface area (Å²) in [7, 11) is 0. The lowest BCUT2D eigenvalue weighted by Crippen LogP contribution is -2.45. The van der Waals surface area contributed by atoms with E-state index in [1.807, 2.05) is 30.6 Å². The second-order valence-corrected chi connectivity index (χ2v) is 6.53. The third-order valence-corrected chi connectivity index (χ3v) is 4.74. The van der Waals surface area contributed by atoms with E-state index in [9.17, 15) is 0 Å². The fraction of sp³-hybridized carbons (Fsp3) is 0.278. The summed E-state index contributed by atoms with van der Waals surface area (Å²) >= 11 is 6.21. The first-order valence-electron chi connectivity index (χ1n) is 8.29. The van der Waals surface area contributed by atoms with Crippen LogP contribution in [0.15, 0.2) is 55.4 Å². The highest BCUT2D eigenvalue weighted by Gasteiger charge is 2.25. The van der Waals surface area contributed by atoms with Crippen molar-refractivity contribution in [2.24, 2.45) is 0 Å². The molecular weight excluding hydrogens is 336 g/mol. The Kier molecular flexibility index (Phi) is 4.74. The number of benzene rings is 1. The molecule has 7 heteroatoms. The van der Waals surface area contributed by atoms with Gasteiger partial charge in [-0.3, -0.25) is 9.88 Å². The summed E-state index contributed by atoms with van der Waals surface area (Å²) < 4.78 is 1.77. The molecular formula is C18H19ClN6. The van der Waals surface area contributed by atoms with Crippen LogP contribution in [0.25, 0.3) is 5.69 Å². The van der Waals surface area contributed by atoms with Gasteiger partial charge in [-0.05, 0) is 29.3 Å². The van der Waals surface area contributed by atoms with Gasteiger partial charge in [-0.15, -0.1) is 0 Å². The van der Waals surface area contributed by atoms with Crippen molar-refractivity contribution in [3.05, 3.63) is 71.5 Å². The summed E-state index contributed by atoms with van der Waals surface area (Å²) in [5.41, 5.74) is 3.37. The predicted octanol–water partition coefficient (Wildman–Crippen LogP) is 2.46. The molecule has 1 aliphatic heterocycles. The number of nitrogens with one attached hydrogen (secondary N) is 1. The Morgan fingerprint density at radius 2 is 2.20 bits per heavy atom. The van der Waals surface area contributed by atoms with Gasteiger partial charge in [-0.2, -0.15) is 5.10 Å². The number of hydrogen-bond acceptors (Lipinski definition) is 5. The van der Waals surface area contributed by atoms with Crippen molar-refractivity contribution < 1.29 is 0 Å². The van der Waals surface area contributed by atoms with E-state index < -0.39 is 0 Å². The van der Waals surface area contributed by atoms with Gasteiger partial charge in [0, 0.05) is 49.6 Å². The largest absolute Gasteiger partial charge is 0.314 e. The molecule has 25 heavy (non-hydrogen) atoms. The Balaban J connectivity index is 1.64. The maximum atomic E-state index is 6.21. The molecule has 1 N–H and O–H groups in total. The monoisotopic (exact) mass is 354 g/mol. The normalized spacial score (nSPS) is 18.4. The number of pyridine rings is 1. The molecule has 2 aromatic heterocycles. The van der Waals surface area contributed by atoms with Gasteiger partial charge in [-0.1, -0.05) is 23.7 Å². The zero-order chi connectivity index (χ0) is 17.1. The highest BCUT2D eigenvalue weighted by atomic mass is 35.5. The highest BCUT2D eigenvalue weighted by molar-refractivity contribution is 6.30. The van der Waals surface area contributed by atoms with Gasteiger partial charge in [0.2, 0.25) is 0 Å². The van der Waals surface area contributed by atoms with Gasteiger partial charge < -0.3 is 5.32 Å². The number of halogens is 1. The fourth-order valence-corrected chi connectivity index (χ4v) is 3.44. The molecule has 0 aliphatic carbocycles. The molecule has 0 radical (unpaired) electrons. The van der Waals surface area contributed by atoms with Crippen molar-refractivity contribution in [1.29, 1.82) is 0 Å². The molecule has 1 aromatic carbocycles. The molecule has 128 valence electrons. The number of aromatic nitrogens is 4. The third kappa shape index (κ3) is 3.56. The van der Waals surface area contributed by atoms with Crippen LogP contribution in [0, 0.1) is 0 Å². The molecule has 0 saturated carbocycles. The van der Waals surface area contributed by atoms with Crippen LogP contribution in [0.2, 0.25) is 5.02 Å². The quantitative estimate of drug-likeness (QED) is 0.780. The van der Waals surface area contributed by atoms with E-state index in [2.05, 4.69) is 37.4 Å². The summed E-state index contributed by atoms with van der Waals surface area (Å²) in [6, 6.07) is 10.4. The van der Waals surface area contributed by atoms with Crippen LogP contribution >= 0.6 is 11.6 Å². The molecule has 0 spiro atoms. The molecule has 0 bridgehead atoms. The lowest BCUT2D eigenvalue weighted by Gasteiger charge is -2.36. The SMILES string of the molecule is Clc1ccc(CN2CCNCC2c2cccnc2)c(-n2cncn2)c1. The molecule has 0 amide bonds. The lowest BCUT2D eigenvalue weighted by atomic mass is 10.0. The minimum Gasteiger partial charge on any atom is -0.314 e. The van der Waals surface area contributed by atoms with Crippen LogP contribution in [0.5, 0.6) is 0 Å². The van der Waals surface area contributed by atoms with E-state index >= 15 is 0 Å².